The van der Waals surface area contributed by atoms with Gasteiger partial charge in [-0.15, -0.1) is 0 Å². The number of carbonyl (C=O) groups is 3. The molecule has 35 heavy (non-hydrogen) atoms. The molecule has 0 aliphatic rings. The molecule has 0 aliphatic heterocycles. The van der Waals surface area contributed by atoms with Gasteiger partial charge >= 0.3 is 5.97 Å². The van der Waals surface area contributed by atoms with Crippen molar-refractivity contribution in [2.75, 3.05) is 0 Å². The molecule has 0 bridgehead atoms. The lowest BCUT2D eigenvalue weighted by Gasteiger charge is -2.31. The van der Waals surface area contributed by atoms with Crippen molar-refractivity contribution in [3.63, 3.8) is 0 Å². The second kappa shape index (κ2) is 9.57. The van der Waals surface area contributed by atoms with Crippen LogP contribution in [0.5, 0.6) is 0 Å². The molecule has 7 nitrogen and oxygen atoms in total. The van der Waals surface area contributed by atoms with Crippen molar-refractivity contribution in [1.29, 1.82) is 0 Å². The summed E-state index contributed by atoms with van der Waals surface area (Å²) in [7, 11) is 0. The molecule has 0 saturated heterocycles. The molecule has 0 spiro atoms. The number of benzene rings is 2. The van der Waals surface area contributed by atoms with Gasteiger partial charge in [-0.1, -0.05) is 17.7 Å². The van der Waals surface area contributed by atoms with E-state index in [1.807, 2.05) is 0 Å². The number of aromatic carboxylic acids is 1. The van der Waals surface area contributed by atoms with Gasteiger partial charge in [0.2, 0.25) is 12.3 Å². The van der Waals surface area contributed by atoms with Crippen molar-refractivity contribution >= 4 is 40.8 Å². The van der Waals surface area contributed by atoms with Crippen LogP contribution in [-0.2, 0) is 16.1 Å². The second-order valence-electron chi connectivity index (χ2n) is 8.79. The minimum atomic E-state index is -2.09. The smallest absolute Gasteiger partial charge is 0.352 e. The van der Waals surface area contributed by atoms with E-state index in [1.165, 1.54) is 18.2 Å². The number of rotatable bonds is 7. The summed E-state index contributed by atoms with van der Waals surface area (Å²) in [5.74, 6) is -9.91. The number of nitrogens with one attached hydrogen (secondary N) is 2. The standard InChI is InChI=1S/C23H20ClF4N3O4/c1-23(2,3)30-21(33)20(15-12-5-4-11(24)7-14(12)29-19(15)22(34)35)31(9-32)8-10-6-13(25)17(27)18(28)16(10)26/h4-7,9,20,29H,8H2,1-3H3,(H,30,33)(H,34,35). The van der Waals surface area contributed by atoms with Crippen LogP contribution in [0.2, 0.25) is 5.02 Å². The molecule has 2 amide bonds. The summed E-state index contributed by atoms with van der Waals surface area (Å²) in [5, 5.41) is 12.9. The fourth-order valence-electron chi connectivity index (χ4n) is 3.65. The predicted octanol–water partition coefficient (Wildman–Crippen LogP) is 4.69. The van der Waals surface area contributed by atoms with Gasteiger partial charge in [-0.3, -0.25) is 9.59 Å². The van der Waals surface area contributed by atoms with Crippen molar-refractivity contribution < 1.29 is 37.1 Å². The zero-order valence-electron chi connectivity index (χ0n) is 18.7. The molecular weight excluding hydrogens is 494 g/mol. The minimum Gasteiger partial charge on any atom is -0.477 e. The van der Waals surface area contributed by atoms with Gasteiger partial charge < -0.3 is 20.3 Å². The van der Waals surface area contributed by atoms with E-state index in [-0.39, 0.29) is 27.9 Å². The van der Waals surface area contributed by atoms with E-state index < -0.39 is 64.5 Å². The molecule has 0 saturated carbocycles. The fraction of sp³-hybridized carbons (Fsp3) is 0.261. The third kappa shape index (κ3) is 5.24. The number of carboxylic acid groups (broad SMARTS) is 1. The van der Waals surface area contributed by atoms with Gasteiger partial charge in [-0.25, -0.2) is 22.4 Å². The summed E-state index contributed by atoms with van der Waals surface area (Å²) in [4.78, 5) is 40.8. The van der Waals surface area contributed by atoms with Crippen LogP contribution in [0.4, 0.5) is 17.6 Å². The summed E-state index contributed by atoms with van der Waals surface area (Å²) in [6.45, 7) is 4.01. The van der Waals surface area contributed by atoms with Gasteiger partial charge in [0.1, 0.15) is 11.7 Å². The molecule has 186 valence electrons. The molecule has 0 aliphatic carbocycles. The second-order valence-corrected chi connectivity index (χ2v) is 9.22. The largest absolute Gasteiger partial charge is 0.477 e. The van der Waals surface area contributed by atoms with Crippen LogP contribution in [0.25, 0.3) is 10.9 Å². The maximum Gasteiger partial charge on any atom is 0.352 e. The van der Waals surface area contributed by atoms with Crippen LogP contribution < -0.4 is 5.32 Å². The molecule has 1 aromatic heterocycles. The monoisotopic (exact) mass is 513 g/mol. The van der Waals surface area contributed by atoms with Crippen molar-refractivity contribution in [1.82, 2.24) is 15.2 Å². The highest BCUT2D eigenvalue weighted by Crippen LogP contribution is 2.35. The molecule has 1 atom stereocenters. The fourth-order valence-corrected chi connectivity index (χ4v) is 3.82. The maximum absolute atomic E-state index is 14.4. The summed E-state index contributed by atoms with van der Waals surface area (Å²) < 4.78 is 55.4. The number of hydrogen-bond acceptors (Lipinski definition) is 3. The van der Waals surface area contributed by atoms with Gasteiger partial charge in [0.15, 0.2) is 23.3 Å². The number of aromatic nitrogens is 1. The first-order valence-corrected chi connectivity index (χ1v) is 10.5. The Hall–Kier alpha value is -3.60. The molecule has 3 aromatic rings. The van der Waals surface area contributed by atoms with Crippen LogP contribution in [0.1, 0.15) is 48.4 Å². The first-order valence-electron chi connectivity index (χ1n) is 10.1. The molecule has 1 unspecified atom stereocenters. The number of carbonyl (C=O) groups excluding carboxylic acids is 2. The van der Waals surface area contributed by atoms with Gasteiger partial charge in [0.05, 0.1) is 0 Å². The number of aromatic amines is 1. The zero-order chi connectivity index (χ0) is 26.2. The highest BCUT2D eigenvalue weighted by molar-refractivity contribution is 6.31. The third-order valence-corrected chi connectivity index (χ3v) is 5.27. The third-order valence-electron chi connectivity index (χ3n) is 5.03. The number of halogens is 5. The Kier molecular flexibility index (Phi) is 7.11. The van der Waals surface area contributed by atoms with E-state index >= 15 is 0 Å². The number of amides is 2. The number of H-pyrrole nitrogens is 1. The molecule has 1 heterocycles. The van der Waals surface area contributed by atoms with Crippen LogP contribution in [-0.4, -0.2) is 38.8 Å². The first-order chi connectivity index (χ1) is 16.2. The van der Waals surface area contributed by atoms with Gasteiger partial charge in [0.25, 0.3) is 0 Å². The average Bonchev–Trinajstić information content (AvgIpc) is 3.12. The summed E-state index contributed by atoms with van der Waals surface area (Å²) in [6.07, 6.45) is 0.103. The Morgan fingerprint density at radius 2 is 1.80 bits per heavy atom. The van der Waals surface area contributed by atoms with E-state index in [4.69, 9.17) is 11.6 Å². The molecule has 2 aromatic carbocycles. The van der Waals surface area contributed by atoms with Gasteiger partial charge in [-0.05, 0) is 39.0 Å². The van der Waals surface area contributed by atoms with Crippen molar-refractivity contribution in [3.8, 4) is 0 Å². The number of hydrogen-bond donors (Lipinski definition) is 3. The zero-order valence-corrected chi connectivity index (χ0v) is 19.4. The van der Waals surface area contributed by atoms with E-state index in [0.29, 0.717) is 11.0 Å². The lowest BCUT2D eigenvalue weighted by Crippen LogP contribution is -2.47. The van der Waals surface area contributed by atoms with Crippen LogP contribution >= 0.6 is 11.6 Å². The van der Waals surface area contributed by atoms with Crippen molar-refractivity contribution in [2.24, 2.45) is 0 Å². The molecule has 0 radical (unpaired) electrons. The Labute approximate surface area is 201 Å². The van der Waals surface area contributed by atoms with E-state index in [0.717, 1.165) is 0 Å². The molecule has 3 rings (SSSR count). The average molecular weight is 514 g/mol. The summed E-state index contributed by atoms with van der Waals surface area (Å²) in [5.41, 5.74) is -2.00. The number of fused-ring (bicyclic) bond motifs is 1. The van der Waals surface area contributed by atoms with Crippen molar-refractivity contribution in [2.45, 2.75) is 38.9 Å². The minimum absolute atomic E-state index is 0.103. The Bertz CT molecular complexity index is 1340. The van der Waals surface area contributed by atoms with Crippen LogP contribution in [0.15, 0.2) is 24.3 Å². The Morgan fingerprint density at radius 1 is 1.14 bits per heavy atom. The topological polar surface area (TPSA) is 102 Å². The Morgan fingerprint density at radius 3 is 2.37 bits per heavy atom. The van der Waals surface area contributed by atoms with Gasteiger partial charge in [-0.2, -0.15) is 0 Å². The number of carboxylic acids is 1. The molecule has 3 N–H and O–H groups in total. The summed E-state index contributed by atoms with van der Waals surface area (Å²) >= 11 is 5.99. The SMILES string of the molecule is CC(C)(C)NC(=O)C(c1c(C(=O)O)[nH]c2cc(Cl)ccc12)N(C=O)Cc1cc(F)c(F)c(F)c1F. The maximum atomic E-state index is 14.4. The highest BCUT2D eigenvalue weighted by atomic mass is 35.5. The van der Waals surface area contributed by atoms with Gasteiger partial charge in [0, 0.05) is 39.1 Å². The summed E-state index contributed by atoms with van der Waals surface area (Å²) in [6, 6.07) is 2.93. The lowest BCUT2D eigenvalue weighted by molar-refractivity contribution is -0.134. The normalized spacial score (nSPS) is 12.5. The molecule has 12 heteroatoms. The predicted molar refractivity (Wildman–Crippen MR) is 119 cm³/mol. The first kappa shape index (κ1) is 26.0. The molecule has 0 fully saturated rings. The van der Waals surface area contributed by atoms with Crippen LogP contribution in [0, 0.1) is 23.3 Å². The Balaban J connectivity index is 2.25. The van der Waals surface area contributed by atoms with Crippen molar-refractivity contribution in [3.05, 3.63) is 69.4 Å². The highest BCUT2D eigenvalue weighted by Gasteiger charge is 2.36. The van der Waals surface area contributed by atoms with E-state index in [2.05, 4.69) is 10.3 Å². The number of nitrogens with zero attached hydrogens (tertiary/aromatic N) is 1. The lowest BCUT2D eigenvalue weighted by atomic mass is 9.98. The quantitative estimate of drug-likeness (QED) is 0.185. The van der Waals surface area contributed by atoms with E-state index in [9.17, 15) is 37.1 Å². The molecular formula is C23H20ClF4N3O4. The van der Waals surface area contributed by atoms with Crippen LogP contribution in [0.3, 0.4) is 0 Å². The van der Waals surface area contributed by atoms with E-state index in [1.54, 1.807) is 20.8 Å².